The molecule has 6 nitrogen and oxygen atoms in total. The molecule has 0 atom stereocenters. The van der Waals surface area contributed by atoms with Crippen LogP contribution in [0.25, 0.3) is 0 Å². The van der Waals surface area contributed by atoms with Gasteiger partial charge in [0.1, 0.15) is 11.6 Å². The van der Waals surface area contributed by atoms with E-state index in [1.165, 1.54) is 18.8 Å². The van der Waals surface area contributed by atoms with E-state index in [-0.39, 0.29) is 5.69 Å². The van der Waals surface area contributed by atoms with Crippen LogP contribution in [0.15, 0.2) is 35.5 Å². The number of nitrogens with one attached hydrogen (secondary N) is 1. The highest BCUT2D eigenvalue weighted by atomic mass is 32.2. The van der Waals surface area contributed by atoms with Crippen molar-refractivity contribution in [3.05, 3.63) is 42.2 Å². The maximum Gasteiger partial charge on any atom is 0.267 e. The zero-order chi connectivity index (χ0) is 17.2. The van der Waals surface area contributed by atoms with Crippen molar-refractivity contribution >= 4 is 21.7 Å². The van der Waals surface area contributed by atoms with E-state index in [2.05, 4.69) is 14.7 Å². The van der Waals surface area contributed by atoms with Crippen LogP contribution in [0.2, 0.25) is 0 Å². The van der Waals surface area contributed by atoms with E-state index in [9.17, 15) is 17.2 Å². The molecule has 24 heavy (non-hydrogen) atoms. The molecule has 0 saturated carbocycles. The molecule has 1 fully saturated rings. The fraction of sp³-hybridized carbons (Fsp3) is 0.333. The predicted octanol–water partition coefficient (Wildman–Crippen LogP) is 2.55. The van der Waals surface area contributed by atoms with Gasteiger partial charge in [0.15, 0.2) is 4.90 Å². The topological polar surface area (TPSA) is 75.2 Å². The normalized spacial score (nSPS) is 15.3. The minimum atomic E-state index is -4.41. The molecule has 128 valence electrons. The summed E-state index contributed by atoms with van der Waals surface area (Å²) in [5.74, 6) is -1.81. The number of benzene rings is 1. The van der Waals surface area contributed by atoms with E-state index in [0.717, 1.165) is 44.1 Å². The Morgan fingerprint density at radius 2 is 1.58 bits per heavy atom. The first-order chi connectivity index (χ1) is 11.5. The zero-order valence-electron chi connectivity index (χ0n) is 12.7. The van der Waals surface area contributed by atoms with Crippen molar-refractivity contribution in [2.75, 3.05) is 22.7 Å². The number of nitrogens with zero attached hydrogens (tertiary/aromatic N) is 3. The molecule has 0 spiro atoms. The highest BCUT2D eigenvalue weighted by Gasteiger charge is 2.24. The summed E-state index contributed by atoms with van der Waals surface area (Å²) in [5, 5.41) is 0. The molecule has 3 rings (SSSR count). The third-order valence-corrected chi connectivity index (χ3v) is 5.15. The fourth-order valence-corrected chi connectivity index (χ4v) is 3.74. The van der Waals surface area contributed by atoms with Crippen molar-refractivity contribution in [3.8, 4) is 0 Å². The van der Waals surface area contributed by atoms with Crippen molar-refractivity contribution in [2.45, 2.75) is 24.2 Å². The Bertz CT molecular complexity index is 802. The smallest absolute Gasteiger partial charge is 0.267 e. The van der Waals surface area contributed by atoms with Crippen LogP contribution < -0.4 is 9.62 Å². The Morgan fingerprint density at radius 1 is 1.00 bits per heavy atom. The third kappa shape index (κ3) is 3.45. The van der Waals surface area contributed by atoms with Crippen molar-refractivity contribution in [3.63, 3.8) is 0 Å². The van der Waals surface area contributed by atoms with Crippen LogP contribution in [0.5, 0.6) is 0 Å². The van der Waals surface area contributed by atoms with E-state index in [4.69, 9.17) is 0 Å². The van der Waals surface area contributed by atoms with E-state index in [1.54, 1.807) is 0 Å². The van der Waals surface area contributed by atoms with Crippen LogP contribution in [-0.2, 0) is 10.0 Å². The molecular weight excluding hydrogens is 338 g/mol. The molecule has 1 aromatic carbocycles. The standard InChI is InChI=1S/C15H16F2N4O2S/c16-12-5-4-6-13(17)14(12)24(22,23)20-11-9-18-15(19-10-11)21-7-2-1-3-8-21/h4-6,9-10,20H,1-3,7-8H2. The largest absolute Gasteiger partial charge is 0.341 e. The Hall–Kier alpha value is -2.29. The molecular formula is C15H16F2N4O2S. The highest BCUT2D eigenvalue weighted by molar-refractivity contribution is 7.92. The van der Waals surface area contributed by atoms with Crippen LogP contribution in [0.1, 0.15) is 19.3 Å². The fourth-order valence-electron chi connectivity index (χ4n) is 2.58. The molecule has 0 radical (unpaired) electrons. The minimum absolute atomic E-state index is 0.0402. The molecule has 0 bridgehead atoms. The SMILES string of the molecule is O=S(=O)(Nc1cnc(N2CCCCC2)nc1)c1c(F)cccc1F. The summed E-state index contributed by atoms with van der Waals surface area (Å²) in [6, 6.07) is 2.86. The second-order valence-electron chi connectivity index (χ2n) is 5.48. The summed E-state index contributed by atoms with van der Waals surface area (Å²) >= 11 is 0. The average Bonchev–Trinajstić information content (AvgIpc) is 2.55. The van der Waals surface area contributed by atoms with Crippen molar-refractivity contribution in [1.29, 1.82) is 0 Å². The van der Waals surface area contributed by atoms with Gasteiger partial charge in [-0.05, 0) is 31.4 Å². The number of piperidine rings is 1. The first-order valence-corrected chi connectivity index (χ1v) is 8.99. The molecule has 2 heterocycles. The first kappa shape index (κ1) is 16.6. The van der Waals surface area contributed by atoms with Crippen LogP contribution >= 0.6 is 0 Å². The molecule has 1 aromatic heterocycles. The van der Waals surface area contributed by atoms with Crippen LogP contribution in [0.3, 0.4) is 0 Å². The summed E-state index contributed by atoms with van der Waals surface area (Å²) in [6.45, 7) is 1.71. The molecule has 0 aliphatic carbocycles. The van der Waals surface area contributed by atoms with Gasteiger partial charge >= 0.3 is 0 Å². The average molecular weight is 354 g/mol. The van der Waals surface area contributed by atoms with Crippen molar-refractivity contribution < 1.29 is 17.2 Å². The van der Waals surface area contributed by atoms with Crippen LogP contribution in [0.4, 0.5) is 20.4 Å². The monoisotopic (exact) mass is 354 g/mol. The number of rotatable bonds is 4. The summed E-state index contributed by atoms with van der Waals surface area (Å²) < 4.78 is 53.8. The molecule has 0 unspecified atom stereocenters. The minimum Gasteiger partial charge on any atom is -0.341 e. The Kier molecular flexibility index (Phi) is 4.61. The summed E-state index contributed by atoms with van der Waals surface area (Å²) in [6.07, 6.45) is 5.86. The molecule has 1 aliphatic heterocycles. The van der Waals surface area contributed by atoms with Gasteiger partial charge in [0.05, 0.1) is 18.1 Å². The molecule has 1 aliphatic rings. The summed E-state index contributed by atoms with van der Waals surface area (Å²) in [5.41, 5.74) is 0.0402. The molecule has 0 amide bonds. The van der Waals surface area contributed by atoms with Gasteiger partial charge < -0.3 is 4.90 Å². The lowest BCUT2D eigenvalue weighted by Crippen LogP contribution is -2.30. The second-order valence-corrected chi connectivity index (χ2v) is 7.09. The van der Waals surface area contributed by atoms with Gasteiger partial charge in [-0.25, -0.2) is 27.2 Å². The van der Waals surface area contributed by atoms with E-state index < -0.39 is 26.6 Å². The van der Waals surface area contributed by atoms with E-state index >= 15 is 0 Å². The van der Waals surface area contributed by atoms with Gasteiger partial charge in [-0.3, -0.25) is 4.72 Å². The van der Waals surface area contributed by atoms with Crippen LogP contribution in [0, 0.1) is 11.6 Å². The zero-order valence-corrected chi connectivity index (χ0v) is 13.6. The second kappa shape index (κ2) is 6.68. The number of halogens is 2. The highest BCUT2D eigenvalue weighted by Crippen LogP contribution is 2.22. The maximum atomic E-state index is 13.7. The first-order valence-electron chi connectivity index (χ1n) is 7.51. The van der Waals surface area contributed by atoms with Crippen LogP contribution in [-0.4, -0.2) is 31.5 Å². The quantitative estimate of drug-likeness (QED) is 0.913. The number of hydrogen-bond donors (Lipinski definition) is 1. The van der Waals surface area contributed by atoms with E-state index in [0.29, 0.717) is 5.95 Å². The van der Waals surface area contributed by atoms with E-state index in [1.807, 2.05) is 4.90 Å². The van der Waals surface area contributed by atoms with Gasteiger partial charge in [0.25, 0.3) is 10.0 Å². The number of anilines is 2. The molecule has 1 saturated heterocycles. The summed E-state index contributed by atoms with van der Waals surface area (Å²) in [4.78, 5) is 9.24. The molecule has 1 N–H and O–H groups in total. The summed E-state index contributed by atoms with van der Waals surface area (Å²) in [7, 11) is -4.41. The van der Waals surface area contributed by atoms with Gasteiger partial charge in [-0.2, -0.15) is 0 Å². The Labute approximate surface area is 138 Å². The lowest BCUT2D eigenvalue weighted by atomic mass is 10.1. The van der Waals surface area contributed by atoms with Gasteiger partial charge in [0, 0.05) is 13.1 Å². The number of aromatic nitrogens is 2. The predicted molar refractivity (Wildman–Crippen MR) is 85.3 cm³/mol. The lowest BCUT2D eigenvalue weighted by Gasteiger charge is -2.26. The molecule has 2 aromatic rings. The lowest BCUT2D eigenvalue weighted by molar-refractivity contribution is 0.521. The Balaban J connectivity index is 1.80. The van der Waals surface area contributed by atoms with Gasteiger partial charge in [0.2, 0.25) is 5.95 Å². The number of hydrogen-bond acceptors (Lipinski definition) is 5. The maximum absolute atomic E-state index is 13.7. The van der Waals surface area contributed by atoms with Crippen molar-refractivity contribution in [2.24, 2.45) is 0 Å². The van der Waals surface area contributed by atoms with Gasteiger partial charge in [-0.1, -0.05) is 6.07 Å². The number of sulfonamides is 1. The third-order valence-electron chi connectivity index (χ3n) is 3.72. The molecule has 9 heteroatoms. The van der Waals surface area contributed by atoms with Gasteiger partial charge in [-0.15, -0.1) is 0 Å². The van der Waals surface area contributed by atoms with Crippen molar-refractivity contribution in [1.82, 2.24) is 9.97 Å². The Morgan fingerprint density at radius 3 is 2.17 bits per heavy atom.